The maximum absolute atomic E-state index is 12.7. The van der Waals surface area contributed by atoms with Gasteiger partial charge in [-0.3, -0.25) is 9.48 Å². The topological polar surface area (TPSA) is 68.4 Å². The van der Waals surface area contributed by atoms with Crippen LogP contribution in [0.4, 0.5) is 5.95 Å². The van der Waals surface area contributed by atoms with Crippen LogP contribution in [0, 0.1) is 0 Å². The first kappa shape index (κ1) is 18.1. The van der Waals surface area contributed by atoms with Gasteiger partial charge in [0.05, 0.1) is 7.11 Å². The van der Waals surface area contributed by atoms with Crippen molar-refractivity contribution >= 4 is 24.3 Å². The van der Waals surface area contributed by atoms with E-state index in [2.05, 4.69) is 26.5 Å². The minimum Gasteiger partial charge on any atom is -0.479 e. The van der Waals surface area contributed by atoms with Crippen LogP contribution in [0.3, 0.4) is 0 Å². The quantitative estimate of drug-likeness (QED) is 0.820. The van der Waals surface area contributed by atoms with Crippen molar-refractivity contribution in [3.05, 3.63) is 24.2 Å². The molecule has 1 aliphatic rings. The number of ether oxygens (including phenoxy) is 1. The number of carbonyl (C=O) groups is 1. The van der Waals surface area contributed by atoms with E-state index in [4.69, 9.17) is 4.74 Å². The van der Waals surface area contributed by atoms with Crippen molar-refractivity contribution in [2.75, 3.05) is 38.2 Å². The number of piperazine rings is 1. The van der Waals surface area contributed by atoms with E-state index in [0.717, 1.165) is 25.6 Å². The van der Waals surface area contributed by atoms with E-state index < -0.39 is 0 Å². The zero-order valence-electron chi connectivity index (χ0n) is 14.2. The lowest BCUT2D eigenvalue weighted by Gasteiger charge is -2.35. The molecule has 9 heteroatoms. The summed E-state index contributed by atoms with van der Waals surface area (Å²) in [5, 5.41) is 4.15. The number of halogens is 1. The molecule has 0 N–H and O–H groups in total. The van der Waals surface area contributed by atoms with Gasteiger partial charge in [0.25, 0.3) is 5.91 Å². The fourth-order valence-corrected chi connectivity index (χ4v) is 2.88. The number of aromatic nitrogens is 4. The minimum atomic E-state index is -0.0339. The molecule has 0 aliphatic carbocycles. The van der Waals surface area contributed by atoms with Crippen LogP contribution < -0.4 is 9.64 Å². The predicted molar refractivity (Wildman–Crippen MR) is 93.0 cm³/mol. The Morgan fingerprint density at radius 3 is 2.62 bits per heavy atom. The van der Waals surface area contributed by atoms with E-state index in [1.165, 1.54) is 7.11 Å². The highest BCUT2D eigenvalue weighted by atomic mass is 35.5. The van der Waals surface area contributed by atoms with Gasteiger partial charge in [0.1, 0.15) is 5.56 Å². The number of hydrogen-bond donors (Lipinski definition) is 0. The Kier molecular flexibility index (Phi) is 5.71. The summed E-state index contributed by atoms with van der Waals surface area (Å²) in [6, 6.07) is 0. The van der Waals surface area contributed by atoms with Crippen LogP contribution in [0.25, 0.3) is 0 Å². The summed E-state index contributed by atoms with van der Waals surface area (Å²) < 4.78 is 8.90. The van der Waals surface area contributed by atoms with Crippen molar-refractivity contribution in [3.63, 3.8) is 0 Å². The van der Waals surface area contributed by atoms with Crippen molar-refractivity contribution in [1.82, 2.24) is 24.2 Å². The molecule has 0 spiro atoms. The van der Waals surface area contributed by atoms with Gasteiger partial charge in [0.15, 0.2) is 0 Å². The maximum atomic E-state index is 12.7. The second kappa shape index (κ2) is 7.57. The molecule has 1 saturated heterocycles. The van der Waals surface area contributed by atoms with Gasteiger partial charge >= 0.3 is 0 Å². The van der Waals surface area contributed by atoms with Crippen molar-refractivity contribution < 1.29 is 9.53 Å². The minimum absolute atomic E-state index is 0. The van der Waals surface area contributed by atoms with Gasteiger partial charge in [-0.15, -0.1) is 17.5 Å². The van der Waals surface area contributed by atoms with Gasteiger partial charge in [-0.05, 0) is 6.92 Å². The van der Waals surface area contributed by atoms with Crippen LogP contribution in [0.5, 0.6) is 5.88 Å². The smallest absolute Gasteiger partial charge is 0.261 e. The predicted octanol–water partition coefficient (Wildman–Crippen LogP) is 1.03. The molecule has 2 aromatic heterocycles. The average Bonchev–Trinajstić information content (AvgIpc) is 3.20. The molecule has 1 amide bonds. The molecule has 1 fully saturated rings. The first-order valence-corrected chi connectivity index (χ1v) is 7.77. The highest BCUT2D eigenvalue weighted by Crippen LogP contribution is 2.20. The van der Waals surface area contributed by atoms with E-state index >= 15 is 0 Å². The Hall–Kier alpha value is -2.22. The van der Waals surface area contributed by atoms with Gasteiger partial charge in [-0.1, -0.05) is 0 Å². The van der Waals surface area contributed by atoms with E-state index in [-0.39, 0.29) is 18.3 Å². The van der Waals surface area contributed by atoms with E-state index in [9.17, 15) is 4.79 Å². The van der Waals surface area contributed by atoms with E-state index in [1.807, 2.05) is 17.3 Å². The highest BCUT2D eigenvalue weighted by Gasteiger charge is 2.27. The third-order valence-corrected chi connectivity index (χ3v) is 4.10. The third kappa shape index (κ3) is 3.33. The van der Waals surface area contributed by atoms with Gasteiger partial charge in [-0.25, -0.2) is 4.98 Å². The van der Waals surface area contributed by atoms with Crippen LogP contribution in [0.1, 0.15) is 17.3 Å². The lowest BCUT2D eigenvalue weighted by molar-refractivity contribution is 0.0742. The molecule has 0 bridgehead atoms. The zero-order valence-corrected chi connectivity index (χ0v) is 15.0. The highest BCUT2D eigenvalue weighted by molar-refractivity contribution is 5.96. The molecule has 3 rings (SSSR count). The fraction of sp³-hybridized carbons (Fsp3) is 0.533. The monoisotopic (exact) mass is 354 g/mol. The summed E-state index contributed by atoms with van der Waals surface area (Å²) in [5.74, 6) is 1.31. The molecule has 132 valence electrons. The number of amides is 1. The van der Waals surface area contributed by atoms with Crippen LogP contribution >= 0.6 is 12.4 Å². The summed E-state index contributed by atoms with van der Waals surface area (Å²) in [6.07, 6.45) is 5.50. The first-order chi connectivity index (χ1) is 11.1. The molecule has 3 heterocycles. The van der Waals surface area contributed by atoms with E-state index in [1.54, 1.807) is 17.9 Å². The van der Waals surface area contributed by atoms with Crippen molar-refractivity contribution in [1.29, 1.82) is 0 Å². The Balaban J connectivity index is 0.00000208. The normalized spacial score (nSPS) is 14.5. The SMILES string of the molecule is CCn1ccnc1N1CCN(C(=O)c2cn(C)nc2OC)CC1.Cl. The maximum Gasteiger partial charge on any atom is 0.261 e. The van der Waals surface area contributed by atoms with Crippen LogP contribution in [0.2, 0.25) is 0 Å². The van der Waals surface area contributed by atoms with Crippen molar-refractivity contribution in [2.24, 2.45) is 7.05 Å². The lowest BCUT2D eigenvalue weighted by Crippen LogP contribution is -2.49. The second-order valence-electron chi connectivity index (χ2n) is 5.52. The zero-order chi connectivity index (χ0) is 16.4. The van der Waals surface area contributed by atoms with Gasteiger partial charge in [-0.2, -0.15) is 0 Å². The molecule has 24 heavy (non-hydrogen) atoms. The van der Waals surface area contributed by atoms with Crippen LogP contribution in [-0.4, -0.2) is 63.4 Å². The van der Waals surface area contributed by atoms with Crippen LogP contribution in [-0.2, 0) is 13.6 Å². The number of rotatable bonds is 4. The van der Waals surface area contributed by atoms with Gasteiger partial charge < -0.3 is 19.1 Å². The summed E-state index contributed by atoms with van der Waals surface area (Å²) in [5.41, 5.74) is 0.513. The largest absolute Gasteiger partial charge is 0.479 e. The first-order valence-electron chi connectivity index (χ1n) is 7.77. The number of aryl methyl sites for hydroxylation is 2. The number of hydrogen-bond acceptors (Lipinski definition) is 5. The number of methoxy groups -OCH3 is 1. The molecule has 0 unspecified atom stereocenters. The molecule has 2 aromatic rings. The van der Waals surface area contributed by atoms with Gasteiger partial charge in [0.2, 0.25) is 11.8 Å². The number of nitrogens with zero attached hydrogens (tertiary/aromatic N) is 6. The summed E-state index contributed by atoms with van der Waals surface area (Å²) in [6.45, 7) is 5.85. The Morgan fingerprint density at radius 2 is 2.00 bits per heavy atom. The average molecular weight is 355 g/mol. The fourth-order valence-electron chi connectivity index (χ4n) is 2.88. The molecular weight excluding hydrogens is 332 g/mol. The molecule has 8 nitrogen and oxygen atoms in total. The summed E-state index contributed by atoms with van der Waals surface area (Å²) in [7, 11) is 3.31. The van der Waals surface area contributed by atoms with Crippen molar-refractivity contribution in [3.8, 4) is 5.88 Å². The van der Waals surface area contributed by atoms with Gasteiger partial charge in [0, 0.05) is 58.4 Å². The molecule has 0 saturated carbocycles. The standard InChI is InChI=1S/C15H22N6O2.ClH/c1-4-19-6-5-16-15(19)21-9-7-20(8-10-21)14(22)12-11-18(2)17-13(12)23-3;/h5-6,11H,4,7-10H2,1-3H3;1H. The Bertz CT molecular complexity index is 690. The van der Waals surface area contributed by atoms with E-state index in [0.29, 0.717) is 24.5 Å². The number of anilines is 1. The third-order valence-electron chi connectivity index (χ3n) is 4.10. The number of carbonyl (C=O) groups excluding carboxylic acids is 1. The molecule has 0 atom stereocenters. The molecule has 0 aromatic carbocycles. The summed E-state index contributed by atoms with van der Waals surface area (Å²) >= 11 is 0. The summed E-state index contributed by atoms with van der Waals surface area (Å²) in [4.78, 5) is 21.1. The Labute approximate surface area is 147 Å². The molecular formula is C15H23ClN6O2. The Morgan fingerprint density at radius 1 is 1.29 bits per heavy atom. The van der Waals surface area contributed by atoms with Crippen LogP contribution in [0.15, 0.2) is 18.6 Å². The molecule has 1 aliphatic heterocycles. The number of imidazole rings is 1. The van der Waals surface area contributed by atoms with Crippen molar-refractivity contribution in [2.45, 2.75) is 13.5 Å². The second-order valence-corrected chi connectivity index (χ2v) is 5.52. The lowest BCUT2D eigenvalue weighted by atomic mass is 10.2. The molecule has 0 radical (unpaired) electrons.